The lowest BCUT2D eigenvalue weighted by atomic mass is 9.86. The van der Waals surface area contributed by atoms with Crippen LogP contribution in [0.25, 0.3) is 0 Å². The predicted molar refractivity (Wildman–Crippen MR) is 79.4 cm³/mol. The second-order valence-electron chi connectivity index (χ2n) is 5.87. The summed E-state index contributed by atoms with van der Waals surface area (Å²) in [5.74, 6) is 0.813. The molecule has 0 bridgehead atoms. The second-order valence-corrected chi connectivity index (χ2v) is 8.84. The molecule has 118 valence electrons. The summed E-state index contributed by atoms with van der Waals surface area (Å²) in [7, 11) is 0.896. The van der Waals surface area contributed by atoms with Gasteiger partial charge >= 0.3 is 8.80 Å². The van der Waals surface area contributed by atoms with Crippen LogP contribution in [0.3, 0.4) is 0 Å². The Hall–Kier alpha value is 0.0169. The number of hydrogen-bond acceptors (Lipinski definition) is 5. The normalized spacial score (nSPS) is 29.2. The van der Waals surface area contributed by atoms with Crippen LogP contribution in [0, 0.1) is 5.92 Å². The average molecular weight is 303 g/mol. The van der Waals surface area contributed by atoms with Crippen LogP contribution in [-0.2, 0) is 18.0 Å². The summed E-state index contributed by atoms with van der Waals surface area (Å²) in [4.78, 5) is 0. The lowest BCUT2D eigenvalue weighted by Crippen LogP contribution is -2.44. The Balaban J connectivity index is 1.62. The summed E-state index contributed by atoms with van der Waals surface area (Å²) in [6, 6.07) is 0.803. The number of nitrogens with two attached hydrogens (primary N) is 1. The Morgan fingerprint density at radius 1 is 1.15 bits per heavy atom. The van der Waals surface area contributed by atoms with E-state index in [1.54, 1.807) is 14.2 Å². The Labute approximate surface area is 123 Å². The first-order valence-electron chi connectivity index (χ1n) is 7.83. The van der Waals surface area contributed by atoms with E-state index in [-0.39, 0.29) is 0 Å². The third kappa shape index (κ3) is 4.51. The van der Waals surface area contributed by atoms with Gasteiger partial charge in [-0.3, -0.25) is 0 Å². The van der Waals surface area contributed by atoms with Crippen LogP contribution in [0.5, 0.6) is 0 Å². The summed E-state index contributed by atoms with van der Waals surface area (Å²) in [6.07, 6.45) is 8.17. The molecule has 1 saturated carbocycles. The standard InChI is InChI=1S/C14H29NO4Si/c1-16-20(17-2,10-4-8-15)18-9-3-5-12-6-7-13-14(11-12)19-13/h12-14H,3-11,15H2,1-2H3. The van der Waals surface area contributed by atoms with E-state index in [2.05, 4.69) is 0 Å². The Bertz CT molecular complexity index is 288. The molecule has 2 aliphatic rings. The maximum absolute atomic E-state index is 5.97. The maximum Gasteiger partial charge on any atom is 0.500 e. The fraction of sp³-hybridized carbons (Fsp3) is 1.00. The van der Waals surface area contributed by atoms with Crippen molar-refractivity contribution in [3.63, 3.8) is 0 Å². The highest BCUT2D eigenvalue weighted by Gasteiger charge is 2.43. The minimum absolute atomic E-state index is 0.575. The zero-order valence-electron chi connectivity index (χ0n) is 12.8. The van der Waals surface area contributed by atoms with Crippen LogP contribution in [0.1, 0.15) is 38.5 Å². The fourth-order valence-corrected chi connectivity index (χ4v) is 5.19. The van der Waals surface area contributed by atoms with Gasteiger partial charge < -0.3 is 23.7 Å². The van der Waals surface area contributed by atoms with Gasteiger partial charge in [-0.2, -0.15) is 0 Å². The fourth-order valence-electron chi connectivity index (χ4n) is 3.14. The molecular formula is C14H29NO4Si. The van der Waals surface area contributed by atoms with Gasteiger partial charge in [0.1, 0.15) is 0 Å². The van der Waals surface area contributed by atoms with Crippen LogP contribution in [0.15, 0.2) is 0 Å². The largest absolute Gasteiger partial charge is 0.500 e. The monoisotopic (exact) mass is 303 g/mol. The van der Waals surface area contributed by atoms with Crippen molar-refractivity contribution in [2.75, 3.05) is 27.4 Å². The minimum Gasteiger partial charge on any atom is -0.377 e. The first-order chi connectivity index (χ1) is 9.73. The molecule has 2 fully saturated rings. The summed E-state index contributed by atoms with van der Waals surface area (Å²) in [5.41, 5.74) is 5.56. The van der Waals surface area contributed by atoms with Gasteiger partial charge in [-0.1, -0.05) is 0 Å². The van der Waals surface area contributed by atoms with Crippen molar-refractivity contribution in [2.45, 2.75) is 56.8 Å². The van der Waals surface area contributed by atoms with E-state index in [1.807, 2.05) is 0 Å². The van der Waals surface area contributed by atoms with Crippen molar-refractivity contribution in [1.82, 2.24) is 0 Å². The Kier molecular flexibility index (Phi) is 6.44. The smallest absolute Gasteiger partial charge is 0.377 e. The molecule has 0 aromatic heterocycles. The summed E-state index contributed by atoms with van der Waals surface area (Å²) < 4.78 is 22.6. The zero-order valence-corrected chi connectivity index (χ0v) is 13.8. The van der Waals surface area contributed by atoms with Crippen LogP contribution in [-0.4, -0.2) is 48.4 Å². The van der Waals surface area contributed by atoms with E-state index in [0.717, 1.165) is 31.4 Å². The van der Waals surface area contributed by atoms with Gasteiger partial charge in [0.25, 0.3) is 0 Å². The molecule has 1 heterocycles. The highest BCUT2D eigenvalue weighted by molar-refractivity contribution is 6.60. The van der Waals surface area contributed by atoms with Crippen molar-refractivity contribution in [3.05, 3.63) is 0 Å². The zero-order chi connectivity index (χ0) is 14.4. The molecule has 5 nitrogen and oxygen atoms in total. The van der Waals surface area contributed by atoms with Gasteiger partial charge in [0.15, 0.2) is 0 Å². The van der Waals surface area contributed by atoms with E-state index >= 15 is 0 Å². The Morgan fingerprint density at radius 3 is 2.60 bits per heavy atom. The van der Waals surface area contributed by atoms with E-state index < -0.39 is 8.80 Å². The second kappa shape index (κ2) is 7.86. The van der Waals surface area contributed by atoms with Gasteiger partial charge in [0.05, 0.1) is 12.2 Å². The summed E-state index contributed by atoms with van der Waals surface area (Å²) >= 11 is 0. The lowest BCUT2D eigenvalue weighted by molar-refractivity contribution is 0.0940. The van der Waals surface area contributed by atoms with Crippen molar-refractivity contribution in [1.29, 1.82) is 0 Å². The van der Waals surface area contributed by atoms with Crippen molar-refractivity contribution >= 4 is 8.80 Å². The summed E-state index contributed by atoms with van der Waals surface area (Å²) in [6.45, 7) is 1.37. The predicted octanol–water partition coefficient (Wildman–Crippen LogP) is 1.93. The molecule has 0 amide bonds. The third-order valence-electron chi connectivity index (χ3n) is 4.50. The molecule has 0 aromatic carbocycles. The van der Waals surface area contributed by atoms with Crippen LogP contribution >= 0.6 is 0 Å². The molecule has 3 atom stereocenters. The van der Waals surface area contributed by atoms with E-state index in [1.165, 1.54) is 25.7 Å². The van der Waals surface area contributed by atoms with E-state index in [4.69, 9.17) is 23.7 Å². The number of fused-ring (bicyclic) bond motifs is 1. The molecule has 0 aromatic rings. The molecule has 0 spiro atoms. The molecule has 20 heavy (non-hydrogen) atoms. The lowest BCUT2D eigenvalue weighted by Gasteiger charge is -2.27. The molecule has 6 heteroatoms. The average Bonchev–Trinajstić information content (AvgIpc) is 3.26. The van der Waals surface area contributed by atoms with Gasteiger partial charge in [-0.25, -0.2) is 0 Å². The number of ether oxygens (including phenoxy) is 1. The molecule has 0 radical (unpaired) electrons. The molecule has 3 unspecified atom stereocenters. The van der Waals surface area contributed by atoms with Gasteiger partial charge in [0.2, 0.25) is 0 Å². The molecular weight excluding hydrogens is 274 g/mol. The van der Waals surface area contributed by atoms with Crippen molar-refractivity contribution < 1.29 is 18.0 Å². The van der Waals surface area contributed by atoms with Crippen LogP contribution in [0.4, 0.5) is 0 Å². The molecule has 1 saturated heterocycles. The van der Waals surface area contributed by atoms with Crippen LogP contribution in [0.2, 0.25) is 6.04 Å². The highest BCUT2D eigenvalue weighted by Crippen LogP contribution is 2.40. The van der Waals surface area contributed by atoms with Crippen LogP contribution < -0.4 is 5.73 Å². The van der Waals surface area contributed by atoms with Gasteiger partial charge in [-0.05, 0) is 51.0 Å². The van der Waals surface area contributed by atoms with Crippen molar-refractivity contribution in [2.24, 2.45) is 11.7 Å². The molecule has 2 N–H and O–H groups in total. The number of hydrogen-bond donors (Lipinski definition) is 1. The molecule has 1 aliphatic carbocycles. The summed E-state index contributed by atoms with van der Waals surface area (Å²) in [5, 5.41) is 0. The first kappa shape index (κ1) is 16.4. The van der Waals surface area contributed by atoms with E-state index in [0.29, 0.717) is 18.8 Å². The molecule has 2 rings (SSSR count). The Morgan fingerprint density at radius 2 is 1.95 bits per heavy atom. The van der Waals surface area contributed by atoms with Gasteiger partial charge in [0, 0.05) is 26.9 Å². The quantitative estimate of drug-likeness (QED) is 0.379. The first-order valence-corrected chi connectivity index (χ1v) is 9.76. The SMILES string of the molecule is CO[Si](CCCN)(OC)OCCCC1CCC2OC2C1. The van der Waals surface area contributed by atoms with Crippen molar-refractivity contribution in [3.8, 4) is 0 Å². The number of epoxide rings is 1. The molecule has 1 aliphatic heterocycles. The number of rotatable bonds is 10. The topological polar surface area (TPSA) is 66.2 Å². The minimum atomic E-state index is -2.46. The van der Waals surface area contributed by atoms with Gasteiger partial charge in [-0.15, -0.1) is 0 Å². The van der Waals surface area contributed by atoms with E-state index in [9.17, 15) is 0 Å². The third-order valence-corrected chi connectivity index (χ3v) is 7.35. The maximum atomic E-state index is 5.97. The highest BCUT2D eigenvalue weighted by atomic mass is 28.4.